The molecule has 0 unspecified atom stereocenters. The van der Waals surface area contributed by atoms with E-state index in [1.165, 1.54) is 4.90 Å². The summed E-state index contributed by atoms with van der Waals surface area (Å²) in [6.07, 6.45) is 2.38. The SMILES string of the molecule is CC(C)[C@H](NC(=O)[C@H](CCCCNC(=O)OCc1ccccc1)NC(=O)c1ccc(-c2ccccc2)cc1)C(=O)N1CCC[C@H]1C(=O)N[C@H](C=O)C(C)C. The van der Waals surface area contributed by atoms with Crippen LogP contribution in [0.15, 0.2) is 84.9 Å². The third-order valence-corrected chi connectivity index (χ3v) is 9.52. The van der Waals surface area contributed by atoms with Crippen molar-refractivity contribution in [3.63, 3.8) is 0 Å². The van der Waals surface area contributed by atoms with Gasteiger partial charge < -0.3 is 35.7 Å². The van der Waals surface area contributed by atoms with Gasteiger partial charge in [-0.05, 0) is 72.8 Å². The van der Waals surface area contributed by atoms with E-state index in [1.807, 2.05) is 86.6 Å². The Hall–Kier alpha value is -5.52. The monoisotopic (exact) mass is 739 g/mol. The molecule has 1 fully saturated rings. The minimum atomic E-state index is -0.998. The lowest BCUT2D eigenvalue weighted by molar-refractivity contribution is -0.143. The number of carbonyl (C=O) groups is 6. The van der Waals surface area contributed by atoms with Gasteiger partial charge in [0.25, 0.3) is 5.91 Å². The fraction of sp³-hybridized carbons (Fsp3) is 0.429. The van der Waals surface area contributed by atoms with Crippen LogP contribution in [0.5, 0.6) is 0 Å². The summed E-state index contributed by atoms with van der Waals surface area (Å²) in [6.45, 7) is 8.04. The topological polar surface area (TPSA) is 163 Å². The fourth-order valence-electron chi connectivity index (χ4n) is 6.26. The number of rotatable bonds is 18. The molecule has 4 atom stereocenters. The van der Waals surface area contributed by atoms with Crippen molar-refractivity contribution >= 4 is 36.0 Å². The second-order valence-corrected chi connectivity index (χ2v) is 14.3. The molecule has 4 N–H and O–H groups in total. The summed E-state index contributed by atoms with van der Waals surface area (Å²) in [7, 11) is 0. The molecule has 0 bridgehead atoms. The van der Waals surface area contributed by atoms with Crippen LogP contribution in [0.4, 0.5) is 4.79 Å². The van der Waals surface area contributed by atoms with Gasteiger partial charge in [0.2, 0.25) is 17.7 Å². The van der Waals surface area contributed by atoms with E-state index >= 15 is 0 Å². The fourth-order valence-corrected chi connectivity index (χ4v) is 6.26. The number of likely N-dealkylation sites (tertiary alicyclic amines) is 1. The number of amides is 5. The van der Waals surface area contributed by atoms with Gasteiger partial charge in [0.15, 0.2) is 0 Å². The Morgan fingerprint density at radius 3 is 2.07 bits per heavy atom. The molecule has 0 radical (unpaired) electrons. The second kappa shape index (κ2) is 20.6. The van der Waals surface area contributed by atoms with E-state index in [4.69, 9.17) is 4.74 Å². The summed E-state index contributed by atoms with van der Waals surface area (Å²) in [5.41, 5.74) is 3.18. The third kappa shape index (κ3) is 12.0. The van der Waals surface area contributed by atoms with Gasteiger partial charge in [0, 0.05) is 18.7 Å². The Kier molecular flexibility index (Phi) is 15.8. The van der Waals surface area contributed by atoms with Crippen molar-refractivity contribution in [3.05, 3.63) is 96.1 Å². The summed E-state index contributed by atoms with van der Waals surface area (Å²) in [6, 6.07) is 22.8. The number of nitrogens with zero attached hydrogens (tertiary/aromatic N) is 1. The third-order valence-electron chi connectivity index (χ3n) is 9.52. The van der Waals surface area contributed by atoms with E-state index in [1.54, 1.807) is 26.0 Å². The standard InChI is InChI=1S/C42H53N5O7/c1-28(2)35(26-48)45-40(51)36-19-13-25-47(36)41(52)37(29(3)4)46-39(50)34(18-11-12-24-43-42(53)54-27-30-14-7-5-8-15-30)44-38(49)33-22-20-32(21-23-33)31-16-9-6-10-17-31/h5-10,14-17,20-23,26,28-29,34-37H,11-13,18-19,24-25,27H2,1-4H3,(H,43,53)(H,44,49)(H,45,51)(H,46,50)/t34-,35+,36-,37-/m0/s1. The Bertz CT molecular complexity index is 1700. The first-order valence-corrected chi connectivity index (χ1v) is 18.8. The summed E-state index contributed by atoms with van der Waals surface area (Å²) >= 11 is 0. The van der Waals surface area contributed by atoms with Crippen molar-refractivity contribution in [2.45, 2.75) is 90.6 Å². The van der Waals surface area contributed by atoms with Crippen molar-refractivity contribution in [2.75, 3.05) is 13.1 Å². The molecule has 4 rings (SSSR count). The van der Waals surface area contributed by atoms with Crippen molar-refractivity contribution in [2.24, 2.45) is 11.8 Å². The van der Waals surface area contributed by atoms with Crippen molar-refractivity contribution < 1.29 is 33.5 Å². The first-order valence-electron chi connectivity index (χ1n) is 18.8. The number of hydrogen-bond donors (Lipinski definition) is 4. The van der Waals surface area contributed by atoms with Crippen LogP contribution in [0.25, 0.3) is 11.1 Å². The molecule has 3 aromatic rings. The highest BCUT2D eigenvalue weighted by Gasteiger charge is 2.40. The molecule has 12 heteroatoms. The van der Waals surface area contributed by atoms with Crippen molar-refractivity contribution in [1.82, 2.24) is 26.2 Å². The lowest BCUT2D eigenvalue weighted by Crippen LogP contribution is -2.58. The molecule has 1 aliphatic rings. The number of aldehydes is 1. The summed E-state index contributed by atoms with van der Waals surface area (Å²) < 4.78 is 5.27. The molecule has 1 saturated heterocycles. The van der Waals surface area contributed by atoms with Crippen LogP contribution in [-0.4, -0.2) is 78.2 Å². The van der Waals surface area contributed by atoms with Gasteiger partial charge in [0.05, 0.1) is 6.04 Å². The minimum absolute atomic E-state index is 0.113. The molecule has 288 valence electrons. The molecular weight excluding hydrogens is 686 g/mol. The predicted molar refractivity (Wildman–Crippen MR) is 206 cm³/mol. The number of ether oxygens (including phenoxy) is 1. The summed E-state index contributed by atoms with van der Waals surface area (Å²) in [4.78, 5) is 79.9. The molecule has 0 spiro atoms. The highest BCUT2D eigenvalue weighted by Crippen LogP contribution is 2.22. The van der Waals surface area contributed by atoms with E-state index in [0.29, 0.717) is 50.6 Å². The highest BCUT2D eigenvalue weighted by molar-refractivity contribution is 5.99. The molecule has 0 aliphatic carbocycles. The van der Waals surface area contributed by atoms with Gasteiger partial charge in [-0.1, -0.05) is 100 Å². The Labute approximate surface area is 317 Å². The molecule has 0 saturated carbocycles. The predicted octanol–water partition coefficient (Wildman–Crippen LogP) is 5.02. The molecule has 1 aliphatic heterocycles. The zero-order valence-corrected chi connectivity index (χ0v) is 31.6. The molecule has 0 aromatic heterocycles. The van der Waals surface area contributed by atoms with Crippen molar-refractivity contribution in [1.29, 1.82) is 0 Å². The largest absolute Gasteiger partial charge is 0.445 e. The molecular formula is C42H53N5O7. The molecule has 5 amide bonds. The van der Waals surface area contributed by atoms with Crippen molar-refractivity contribution in [3.8, 4) is 11.1 Å². The van der Waals surface area contributed by atoms with Crippen LogP contribution in [-0.2, 0) is 30.5 Å². The van der Waals surface area contributed by atoms with E-state index in [0.717, 1.165) is 16.7 Å². The quantitative estimate of drug-likeness (QED) is 0.105. The van der Waals surface area contributed by atoms with Crippen LogP contribution in [0.2, 0.25) is 0 Å². The molecule has 12 nitrogen and oxygen atoms in total. The maximum atomic E-state index is 14.0. The highest BCUT2D eigenvalue weighted by atomic mass is 16.5. The van der Waals surface area contributed by atoms with Gasteiger partial charge in [-0.2, -0.15) is 0 Å². The molecule has 1 heterocycles. The molecule has 3 aromatic carbocycles. The Morgan fingerprint density at radius 2 is 1.44 bits per heavy atom. The number of hydrogen-bond acceptors (Lipinski definition) is 7. The first-order chi connectivity index (χ1) is 26.0. The minimum Gasteiger partial charge on any atom is -0.445 e. The van der Waals surface area contributed by atoms with E-state index in [2.05, 4.69) is 21.3 Å². The Balaban J connectivity index is 1.42. The second-order valence-electron chi connectivity index (χ2n) is 14.3. The zero-order chi connectivity index (χ0) is 39.0. The Morgan fingerprint density at radius 1 is 0.796 bits per heavy atom. The average molecular weight is 740 g/mol. The van der Waals surface area contributed by atoms with Crippen LogP contribution >= 0.6 is 0 Å². The number of alkyl carbamates (subject to hydrolysis) is 1. The number of unbranched alkanes of at least 4 members (excludes halogenated alkanes) is 1. The smallest absolute Gasteiger partial charge is 0.407 e. The van der Waals surface area contributed by atoms with Crippen LogP contribution in [0, 0.1) is 11.8 Å². The average Bonchev–Trinajstić information content (AvgIpc) is 3.68. The maximum Gasteiger partial charge on any atom is 0.407 e. The first kappa shape index (κ1) is 41.2. The number of nitrogens with one attached hydrogen (secondary N) is 4. The lowest BCUT2D eigenvalue weighted by atomic mass is 10.00. The number of benzene rings is 3. The summed E-state index contributed by atoms with van der Waals surface area (Å²) in [5, 5.41) is 11.2. The van der Waals surface area contributed by atoms with Gasteiger partial charge in [-0.3, -0.25) is 19.2 Å². The number of carbonyl (C=O) groups excluding carboxylic acids is 6. The van der Waals surface area contributed by atoms with Gasteiger partial charge >= 0.3 is 6.09 Å². The van der Waals surface area contributed by atoms with E-state index in [9.17, 15) is 28.8 Å². The lowest BCUT2D eigenvalue weighted by Gasteiger charge is -2.32. The summed E-state index contributed by atoms with van der Waals surface area (Å²) in [5.74, 6) is -2.23. The zero-order valence-electron chi connectivity index (χ0n) is 31.6. The van der Waals surface area contributed by atoms with Gasteiger partial charge in [0.1, 0.15) is 31.0 Å². The maximum absolute atomic E-state index is 14.0. The van der Waals surface area contributed by atoms with E-state index < -0.39 is 53.9 Å². The van der Waals surface area contributed by atoms with Crippen LogP contribution < -0.4 is 21.3 Å². The van der Waals surface area contributed by atoms with Crippen LogP contribution in [0.1, 0.15) is 75.7 Å². The van der Waals surface area contributed by atoms with Gasteiger partial charge in [-0.15, -0.1) is 0 Å². The van der Waals surface area contributed by atoms with Gasteiger partial charge in [-0.25, -0.2) is 4.79 Å². The van der Waals surface area contributed by atoms with E-state index in [-0.39, 0.29) is 24.9 Å². The van der Waals surface area contributed by atoms with Crippen LogP contribution in [0.3, 0.4) is 0 Å². The molecule has 54 heavy (non-hydrogen) atoms. The normalized spacial score (nSPS) is 15.5.